The lowest BCUT2D eigenvalue weighted by molar-refractivity contribution is -0.475. The van der Waals surface area contributed by atoms with Gasteiger partial charge in [0.15, 0.2) is 0 Å². The molecule has 0 radical (unpaired) electrons. The normalized spacial score (nSPS) is 25.3. The zero-order chi connectivity index (χ0) is 23.0. The number of amides is 1. The van der Waals surface area contributed by atoms with Gasteiger partial charge in [-0.2, -0.15) is 43.9 Å². The molecule has 2 rings (SSSR count). The molecular weight excluding hydrogens is 635 g/mol. The second kappa shape index (κ2) is 6.68. The summed E-state index contributed by atoms with van der Waals surface area (Å²) in [5, 5.41) is 1.03. The number of rotatable bonds is 2. The maximum Gasteiger partial charge on any atom is 0.384 e. The molecule has 29 heavy (non-hydrogen) atoms. The fraction of sp³-hybridized carbons (Fsp3) is 0.462. The lowest BCUT2D eigenvalue weighted by Crippen LogP contribution is -2.86. The van der Waals surface area contributed by atoms with Crippen molar-refractivity contribution in [2.45, 2.75) is 35.3 Å². The number of anilines is 1. The highest BCUT2D eigenvalue weighted by molar-refractivity contribution is 9.11. The molecule has 0 saturated heterocycles. The van der Waals surface area contributed by atoms with E-state index in [1.165, 1.54) is 0 Å². The first kappa shape index (κ1) is 24.6. The molecule has 0 spiro atoms. The third kappa shape index (κ3) is 2.79. The van der Waals surface area contributed by atoms with Crippen molar-refractivity contribution in [1.29, 1.82) is 0 Å². The maximum atomic E-state index is 14.6. The Morgan fingerprint density at radius 3 is 1.31 bits per heavy atom. The van der Waals surface area contributed by atoms with Crippen LogP contribution in [-0.4, -0.2) is 41.2 Å². The smallest absolute Gasteiger partial charge is 0.321 e. The summed E-state index contributed by atoms with van der Waals surface area (Å²) in [7, 11) is 0. The van der Waals surface area contributed by atoms with E-state index in [0.29, 0.717) is 0 Å². The van der Waals surface area contributed by atoms with E-state index in [0.717, 1.165) is 17.4 Å². The van der Waals surface area contributed by atoms with Crippen LogP contribution in [0, 0.1) is 0 Å². The van der Waals surface area contributed by atoms with E-state index in [-0.39, 0.29) is 13.4 Å². The Hall–Kier alpha value is -0.640. The molecule has 164 valence electrons. The van der Waals surface area contributed by atoms with Crippen LogP contribution in [0.5, 0.6) is 0 Å². The van der Waals surface area contributed by atoms with E-state index < -0.39 is 46.9 Å². The van der Waals surface area contributed by atoms with Crippen LogP contribution in [0.3, 0.4) is 0 Å². The van der Waals surface area contributed by atoms with Crippen molar-refractivity contribution in [3.63, 3.8) is 0 Å². The van der Waals surface area contributed by atoms with Crippen LogP contribution in [0.4, 0.5) is 54.0 Å². The van der Waals surface area contributed by atoms with Crippen LogP contribution < -0.4 is 5.32 Å². The lowest BCUT2D eigenvalue weighted by Gasteiger charge is -2.51. The highest BCUT2D eigenvalue weighted by Gasteiger charge is 3.02. The highest BCUT2D eigenvalue weighted by atomic mass is 79.9. The van der Waals surface area contributed by atoms with Gasteiger partial charge in [0.05, 0.1) is 5.69 Å². The van der Waals surface area contributed by atoms with Crippen molar-refractivity contribution in [2.24, 2.45) is 0 Å². The molecule has 1 aliphatic carbocycles. The van der Waals surface area contributed by atoms with E-state index in [1.54, 1.807) is 0 Å². The van der Waals surface area contributed by atoms with Crippen LogP contribution in [0.2, 0.25) is 0 Å². The molecule has 1 aliphatic rings. The van der Waals surface area contributed by atoms with Gasteiger partial charge < -0.3 is 5.32 Å². The van der Waals surface area contributed by atoms with Crippen molar-refractivity contribution >= 4 is 59.4 Å². The first-order valence-corrected chi connectivity index (χ1v) is 9.13. The Morgan fingerprint density at radius 2 is 0.966 bits per heavy atom. The Kier molecular flexibility index (Phi) is 5.67. The van der Waals surface area contributed by atoms with Gasteiger partial charge in [-0.25, -0.2) is 4.39 Å². The molecule has 0 heterocycles. The molecule has 0 aliphatic heterocycles. The lowest BCUT2D eigenvalue weighted by atomic mass is 9.71. The number of hydrogen-bond acceptors (Lipinski definition) is 1. The zero-order valence-corrected chi connectivity index (χ0v) is 17.6. The molecule has 0 bridgehead atoms. The van der Waals surface area contributed by atoms with E-state index in [2.05, 4.69) is 47.8 Å². The fourth-order valence-electron chi connectivity index (χ4n) is 2.37. The second-order valence-corrected chi connectivity index (χ2v) is 8.35. The predicted octanol–water partition coefficient (Wildman–Crippen LogP) is 6.81. The third-order valence-electron chi connectivity index (χ3n) is 4.00. The number of alkyl halides is 11. The quantitative estimate of drug-likeness (QED) is 0.355. The van der Waals surface area contributed by atoms with Gasteiger partial charge in [0.25, 0.3) is 5.91 Å². The Bertz CT molecular complexity index is 821. The number of carbonyl (C=O) groups is 1. The Balaban J connectivity index is 2.73. The second-order valence-electron chi connectivity index (χ2n) is 5.73. The monoisotopic (exact) mass is 635 g/mol. The van der Waals surface area contributed by atoms with Crippen LogP contribution in [0.25, 0.3) is 0 Å². The minimum atomic E-state index is -7.39. The van der Waals surface area contributed by atoms with Gasteiger partial charge in [-0.1, -0.05) is 15.9 Å². The number of hydrogen-bond donors (Lipinski definition) is 1. The van der Waals surface area contributed by atoms with Gasteiger partial charge >= 0.3 is 35.3 Å². The molecule has 16 heteroatoms. The highest BCUT2D eigenvalue weighted by Crippen LogP contribution is 2.69. The molecule has 1 fully saturated rings. The van der Waals surface area contributed by atoms with Gasteiger partial charge in [-0.05, 0) is 44.0 Å². The van der Waals surface area contributed by atoms with E-state index in [4.69, 9.17) is 0 Å². The molecular formula is C13H3Br3F11NO. The third-order valence-corrected chi connectivity index (χ3v) is 5.71. The SMILES string of the molecule is O=C(Nc1c(Br)cc(Br)cc1Br)C1(F)C(F)(F)C(F)(F)C(F)(F)C(F)(F)C1(F)F. The van der Waals surface area contributed by atoms with Crippen molar-refractivity contribution in [2.75, 3.05) is 5.32 Å². The van der Waals surface area contributed by atoms with E-state index in [9.17, 15) is 53.1 Å². The number of carbonyl (C=O) groups excluding carboxylic acids is 1. The Labute approximate surface area is 178 Å². The van der Waals surface area contributed by atoms with Crippen molar-refractivity contribution in [1.82, 2.24) is 0 Å². The minimum absolute atomic E-state index is 0.218. The maximum absolute atomic E-state index is 14.6. The van der Waals surface area contributed by atoms with Gasteiger partial charge in [0, 0.05) is 13.4 Å². The molecule has 0 unspecified atom stereocenters. The first-order chi connectivity index (χ1) is 12.7. The first-order valence-electron chi connectivity index (χ1n) is 6.75. The van der Waals surface area contributed by atoms with Gasteiger partial charge in [0.2, 0.25) is 0 Å². The standard InChI is InChI=1S/C13H3Br3F11NO/c14-3-1-4(15)6(5(16)2-3)28-7(29)8(17)9(18,19)11(22,23)13(26,27)12(24,25)10(8,20)21/h1-2H,(H,28,29). The fourth-order valence-corrected chi connectivity index (χ4v) is 4.82. The molecule has 1 aromatic carbocycles. The Morgan fingerprint density at radius 1 is 0.655 bits per heavy atom. The van der Waals surface area contributed by atoms with E-state index >= 15 is 0 Å². The van der Waals surface area contributed by atoms with Crippen LogP contribution in [0.1, 0.15) is 0 Å². The predicted molar refractivity (Wildman–Crippen MR) is 86.7 cm³/mol. The summed E-state index contributed by atoms with van der Waals surface area (Å²) in [5.41, 5.74) is -7.58. The zero-order valence-electron chi connectivity index (χ0n) is 12.9. The number of benzene rings is 1. The molecule has 1 amide bonds. The summed E-state index contributed by atoms with van der Waals surface area (Å²) < 4.78 is 150. The van der Waals surface area contributed by atoms with Crippen molar-refractivity contribution in [3.8, 4) is 0 Å². The van der Waals surface area contributed by atoms with Crippen LogP contribution in [0.15, 0.2) is 25.6 Å². The molecule has 0 aromatic heterocycles. The van der Waals surface area contributed by atoms with Crippen molar-refractivity contribution < 1.29 is 53.1 Å². The van der Waals surface area contributed by atoms with Crippen LogP contribution in [-0.2, 0) is 4.79 Å². The van der Waals surface area contributed by atoms with Gasteiger partial charge in [-0.3, -0.25) is 4.79 Å². The summed E-state index contributed by atoms with van der Waals surface area (Å²) in [5.74, 6) is -40.0. The largest absolute Gasteiger partial charge is 0.384 e. The van der Waals surface area contributed by atoms with Gasteiger partial charge in [-0.15, -0.1) is 0 Å². The van der Waals surface area contributed by atoms with E-state index in [1.807, 2.05) is 0 Å². The summed E-state index contributed by atoms with van der Waals surface area (Å²) in [6.07, 6.45) is 0. The van der Waals surface area contributed by atoms with Crippen molar-refractivity contribution in [3.05, 3.63) is 25.6 Å². The summed E-state index contributed by atoms with van der Waals surface area (Å²) >= 11 is 8.31. The topological polar surface area (TPSA) is 29.1 Å². The average molecular weight is 638 g/mol. The summed E-state index contributed by atoms with van der Waals surface area (Å²) in [6, 6.07) is 2.08. The average Bonchev–Trinajstić information content (AvgIpc) is 2.55. The number of halogens is 14. The molecule has 1 aromatic rings. The molecule has 2 nitrogen and oxygen atoms in total. The molecule has 1 N–H and O–H groups in total. The molecule has 1 saturated carbocycles. The van der Waals surface area contributed by atoms with Gasteiger partial charge in [0.1, 0.15) is 0 Å². The summed E-state index contributed by atoms with van der Waals surface area (Å²) in [6.45, 7) is 0. The number of nitrogens with one attached hydrogen (secondary N) is 1. The molecule has 0 atom stereocenters. The van der Waals surface area contributed by atoms with Crippen LogP contribution >= 0.6 is 47.8 Å². The minimum Gasteiger partial charge on any atom is -0.321 e. The summed E-state index contributed by atoms with van der Waals surface area (Å²) in [4.78, 5) is 11.9.